The highest BCUT2D eigenvalue weighted by atomic mass is 31.2. The normalized spacial score (nSPS) is 14.6. The first kappa shape index (κ1) is 60.2. The Hall–Kier alpha value is -2.84. The van der Waals surface area contributed by atoms with E-state index in [0.717, 1.165) is 116 Å². The van der Waals surface area contributed by atoms with Gasteiger partial charge in [0, 0.05) is 13.0 Å². The minimum absolute atomic E-state index is 0.0134. The van der Waals surface area contributed by atoms with Crippen molar-refractivity contribution in [2.45, 2.75) is 174 Å². The van der Waals surface area contributed by atoms with Gasteiger partial charge in [-0.05, 0) is 96.3 Å². The van der Waals surface area contributed by atoms with Crippen molar-refractivity contribution in [3.05, 3.63) is 109 Å². The summed E-state index contributed by atoms with van der Waals surface area (Å²) in [6.07, 6.45) is 63.9. The largest absolute Gasteiger partial charge is 0.756 e. The number of nitrogens with zero attached hydrogens (tertiary/aromatic N) is 1. The zero-order valence-electron chi connectivity index (χ0n) is 40.7. The molecule has 0 bridgehead atoms. The molecule has 360 valence electrons. The molecule has 0 N–H and O–H groups in total. The molecular formula is C54H92NO7P. The average molecular weight is 898 g/mol. The molecule has 0 aliphatic rings. The molecule has 2 unspecified atom stereocenters. The van der Waals surface area contributed by atoms with E-state index in [0.29, 0.717) is 17.6 Å². The zero-order chi connectivity index (χ0) is 46.2. The van der Waals surface area contributed by atoms with Gasteiger partial charge in [0.05, 0.1) is 34.4 Å². The van der Waals surface area contributed by atoms with Crippen LogP contribution in [0.2, 0.25) is 0 Å². The number of phosphoric acid groups is 1. The fraction of sp³-hybridized carbons (Fsp3) is 0.648. The van der Waals surface area contributed by atoms with E-state index in [1.807, 2.05) is 21.1 Å². The fourth-order valence-corrected chi connectivity index (χ4v) is 6.82. The lowest BCUT2D eigenvalue weighted by atomic mass is 10.1. The van der Waals surface area contributed by atoms with E-state index in [2.05, 4.69) is 123 Å². The maximum atomic E-state index is 12.7. The molecule has 9 heteroatoms. The van der Waals surface area contributed by atoms with Crippen molar-refractivity contribution in [2.75, 3.05) is 54.1 Å². The summed E-state index contributed by atoms with van der Waals surface area (Å²) in [4.78, 5) is 25.2. The molecule has 0 aromatic heterocycles. The van der Waals surface area contributed by atoms with Gasteiger partial charge in [-0.3, -0.25) is 9.36 Å². The van der Waals surface area contributed by atoms with Gasteiger partial charge in [-0.15, -0.1) is 0 Å². The monoisotopic (exact) mass is 898 g/mol. The molecule has 0 saturated heterocycles. The van der Waals surface area contributed by atoms with Gasteiger partial charge in [-0.2, -0.15) is 0 Å². The first-order valence-corrected chi connectivity index (χ1v) is 26.1. The van der Waals surface area contributed by atoms with Gasteiger partial charge in [0.25, 0.3) is 7.82 Å². The number of esters is 1. The van der Waals surface area contributed by atoms with Crippen molar-refractivity contribution in [1.82, 2.24) is 0 Å². The van der Waals surface area contributed by atoms with E-state index in [1.54, 1.807) is 0 Å². The molecule has 0 amide bonds. The summed E-state index contributed by atoms with van der Waals surface area (Å²) in [6, 6.07) is 0. The number of hydrogen-bond acceptors (Lipinski definition) is 7. The lowest BCUT2D eigenvalue weighted by Crippen LogP contribution is -2.37. The van der Waals surface area contributed by atoms with Crippen LogP contribution in [0, 0.1) is 0 Å². The molecule has 0 saturated carbocycles. The number of carbonyl (C=O) groups excluding carboxylic acids is 1. The Kier molecular flexibility index (Phi) is 43.7. The van der Waals surface area contributed by atoms with Gasteiger partial charge in [-0.25, -0.2) is 0 Å². The quantitative estimate of drug-likeness (QED) is 0.0198. The maximum Gasteiger partial charge on any atom is 0.306 e. The molecule has 0 spiro atoms. The number of rotatable bonds is 44. The maximum absolute atomic E-state index is 12.7. The van der Waals surface area contributed by atoms with Crippen molar-refractivity contribution in [2.24, 2.45) is 0 Å². The van der Waals surface area contributed by atoms with E-state index in [1.165, 1.54) is 32.1 Å². The minimum Gasteiger partial charge on any atom is -0.756 e. The first-order valence-electron chi connectivity index (χ1n) is 24.6. The van der Waals surface area contributed by atoms with E-state index >= 15 is 0 Å². The van der Waals surface area contributed by atoms with Crippen LogP contribution in [0.4, 0.5) is 0 Å². The van der Waals surface area contributed by atoms with Crippen LogP contribution in [0.15, 0.2) is 109 Å². The Bertz CT molecular complexity index is 1370. The Balaban J connectivity index is 4.24. The highest BCUT2D eigenvalue weighted by Crippen LogP contribution is 2.38. The van der Waals surface area contributed by atoms with Gasteiger partial charge < -0.3 is 27.9 Å². The van der Waals surface area contributed by atoms with E-state index < -0.39 is 13.9 Å². The SMILES string of the molecule is CC/C=C\C/C=C\C/C=C\C/C=C\C/C=C\C/C=C\CCCCCCCCC(=O)OC(COCCCCCCCC/C=C\C/C=C\C/C=C\CC)COP(=O)([O-])OCC[N+](C)(C)C. The molecule has 8 nitrogen and oxygen atoms in total. The highest BCUT2D eigenvalue weighted by molar-refractivity contribution is 7.45. The average Bonchev–Trinajstić information content (AvgIpc) is 3.24. The number of unbranched alkanes of at least 4 members (excludes halogenated alkanes) is 12. The molecular weight excluding hydrogens is 806 g/mol. The summed E-state index contributed by atoms with van der Waals surface area (Å²) in [7, 11) is 1.32. The van der Waals surface area contributed by atoms with Crippen LogP contribution < -0.4 is 4.89 Å². The van der Waals surface area contributed by atoms with Gasteiger partial charge in [-0.1, -0.05) is 175 Å². The molecule has 0 aliphatic heterocycles. The van der Waals surface area contributed by atoms with Crippen LogP contribution in [-0.4, -0.2) is 70.7 Å². The smallest absolute Gasteiger partial charge is 0.306 e. The summed E-state index contributed by atoms with van der Waals surface area (Å²) in [5, 5.41) is 0. The molecule has 0 heterocycles. The minimum atomic E-state index is -4.55. The predicted octanol–water partition coefficient (Wildman–Crippen LogP) is 14.5. The lowest BCUT2D eigenvalue weighted by molar-refractivity contribution is -0.870. The van der Waals surface area contributed by atoms with Crippen molar-refractivity contribution in [3.8, 4) is 0 Å². The van der Waals surface area contributed by atoms with Crippen LogP contribution in [0.5, 0.6) is 0 Å². The number of likely N-dealkylation sites (N-methyl/N-ethyl adjacent to an activating group) is 1. The second kappa shape index (κ2) is 45.7. The summed E-state index contributed by atoms with van der Waals surface area (Å²) in [5.41, 5.74) is 0. The summed E-state index contributed by atoms with van der Waals surface area (Å²) < 4.78 is 34.7. The molecule has 0 radical (unpaired) electrons. The van der Waals surface area contributed by atoms with Gasteiger partial charge in [0.2, 0.25) is 0 Å². The fourth-order valence-electron chi connectivity index (χ4n) is 6.09. The number of ether oxygens (including phenoxy) is 2. The third-order valence-corrected chi connectivity index (χ3v) is 10.8. The number of hydrogen-bond donors (Lipinski definition) is 0. The second-order valence-corrected chi connectivity index (χ2v) is 18.5. The van der Waals surface area contributed by atoms with Crippen LogP contribution in [0.1, 0.15) is 168 Å². The highest BCUT2D eigenvalue weighted by Gasteiger charge is 2.20. The summed E-state index contributed by atoms with van der Waals surface area (Å²) in [5.74, 6) is -0.359. The second-order valence-electron chi connectivity index (χ2n) is 17.1. The Morgan fingerprint density at radius 2 is 0.873 bits per heavy atom. The molecule has 0 fully saturated rings. The van der Waals surface area contributed by atoms with Crippen LogP contribution >= 0.6 is 7.82 Å². The van der Waals surface area contributed by atoms with Gasteiger partial charge >= 0.3 is 5.97 Å². The van der Waals surface area contributed by atoms with Crippen LogP contribution in [0.3, 0.4) is 0 Å². The molecule has 63 heavy (non-hydrogen) atoms. The number of phosphoric ester groups is 1. The van der Waals surface area contributed by atoms with E-state index in [4.69, 9.17) is 18.5 Å². The first-order chi connectivity index (χ1) is 30.6. The van der Waals surface area contributed by atoms with Gasteiger partial charge in [0.15, 0.2) is 0 Å². The van der Waals surface area contributed by atoms with E-state index in [9.17, 15) is 14.3 Å². The van der Waals surface area contributed by atoms with Gasteiger partial charge in [0.1, 0.15) is 19.3 Å². The third-order valence-electron chi connectivity index (χ3n) is 9.82. The van der Waals surface area contributed by atoms with Crippen molar-refractivity contribution < 1.29 is 37.3 Å². The Labute approximate surface area is 387 Å². The van der Waals surface area contributed by atoms with Crippen molar-refractivity contribution in [1.29, 1.82) is 0 Å². The standard InChI is InChI=1S/C54H92NO7P/c1-6-8-10-12-14-16-18-20-22-24-25-26-27-28-29-30-31-32-33-35-37-39-41-43-45-47-54(56)62-53(52-61-63(57,58)60-50-48-55(3,4)5)51-59-49-46-44-42-40-38-36-34-23-21-19-17-15-13-11-9-7-2/h8-11,14-17,20-23,25-26,28-29,31-32,53H,6-7,12-13,18-19,24,27,30,33-52H2,1-5H3/b10-8-,11-9-,16-14-,17-15-,22-20-,23-21-,26-25-,29-28-,32-31-. The summed E-state index contributed by atoms with van der Waals surface area (Å²) in [6.45, 7) is 5.11. The van der Waals surface area contributed by atoms with Crippen LogP contribution in [0.25, 0.3) is 0 Å². The van der Waals surface area contributed by atoms with Crippen molar-refractivity contribution >= 4 is 13.8 Å². The summed E-state index contributed by atoms with van der Waals surface area (Å²) >= 11 is 0. The van der Waals surface area contributed by atoms with Crippen LogP contribution in [-0.2, 0) is 27.9 Å². The van der Waals surface area contributed by atoms with E-state index in [-0.39, 0.29) is 32.2 Å². The molecule has 0 aliphatic carbocycles. The zero-order valence-corrected chi connectivity index (χ0v) is 41.6. The number of quaternary nitrogens is 1. The predicted molar refractivity (Wildman–Crippen MR) is 268 cm³/mol. The Morgan fingerprint density at radius 1 is 0.492 bits per heavy atom. The lowest BCUT2D eigenvalue weighted by Gasteiger charge is -2.28. The number of allylic oxidation sites excluding steroid dienone is 18. The Morgan fingerprint density at radius 3 is 1.30 bits per heavy atom. The van der Waals surface area contributed by atoms with Crippen molar-refractivity contribution in [3.63, 3.8) is 0 Å². The molecule has 2 atom stereocenters. The molecule has 0 aromatic carbocycles. The topological polar surface area (TPSA) is 94.1 Å². The molecule has 0 rings (SSSR count). The number of carbonyl (C=O) groups is 1. The third kappa shape index (κ3) is 50.0. The molecule has 0 aromatic rings.